The van der Waals surface area contributed by atoms with Gasteiger partial charge in [-0.1, -0.05) is 23.3 Å². The Morgan fingerprint density at radius 1 is 1.13 bits per heavy atom. The average molecular weight is 216 g/mol. The number of aliphatic hydroxyl groups excluding tert-OH is 1. The normalized spacial score (nSPS) is 10.0. The maximum absolute atomic E-state index is 8.56. The van der Waals surface area contributed by atoms with Crippen molar-refractivity contribution in [2.24, 2.45) is 0 Å². The van der Waals surface area contributed by atoms with E-state index in [1.165, 1.54) is 11.1 Å². The van der Waals surface area contributed by atoms with E-state index in [1.807, 2.05) is 6.08 Å². The number of rotatable bonds is 4. The van der Waals surface area contributed by atoms with Gasteiger partial charge in [-0.05, 0) is 33.6 Å². The van der Waals surface area contributed by atoms with Crippen molar-refractivity contribution in [1.29, 1.82) is 0 Å². The molecule has 0 saturated heterocycles. The fraction of sp³-hybridized carbons (Fsp3) is 0.545. The second-order valence-electron chi connectivity index (χ2n) is 3.34. The van der Waals surface area contributed by atoms with E-state index in [0.717, 1.165) is 12.8 Å². The van der Waals surface area contributed by atoms with Crippen LogP contribution < -0.4 is 0 Å². The zero-order chi connectivity index (χ0) is 12.3. The minimum Gasteiger partial charge on any atom is -0.450 e. The molecule has 0 atom stereocenters. The van der Waals surface area contributed by atoms with Crippen LogP contribution >= 0.6 is 0 Å². The first-order chi connectivity index (χ1) is 6.90. The van der Waals surface area contributed by atoms with Gasteiger partial charge in [0.2, 0.25) is 0 Å². The first kappa shape index (κ1) is 16.2. The monoisotopic (exact) mass is 216 g/mol. The molecular formula is C11H20O4. The molecule has 0 aromatic carbocycles. The number of hydrogen-bond donors (Lipinski definition) is 3. The van der Waals surface area contributed by atoms with Crippen LogP contribution in [0.4, 0.5) is 4.79 Å². The van der Waals surface area contributed by atoms with E-state index in [9.17, 15) is 0 Å². The van der Waals surface area contributed by atoms with Gasteiger partial charge in [-0.25, -0.2) is 4.79 Å². The Bertz CT molecular complexity index is 221. The Labute approximate surface area is 90.6 Å². The lowest BCUT2D eigenvalue weighted by Gasteiger charge is -1.96. The Kier molecular flexibility index (Phi) is 11.6. The topological polar surface area (TPSA) is 77.8 Å². The number of aliphatic hydroxyl groups is 1. The van der Waals surface area contributed by atoms with E-state index in [0.29, 0.717) is 0 Å². The van der Waals surface area contributed by atoms with Gasteiger partial charge in [-0.3, -0.25) is 0 Å². The van der Waals surface area contributed by atoms with E-state index in [4.69, 9.17) is 20.1 Å². The van der Waals surface area contributed by atoms with Gasteiger partial charge in [-0.15, -0.1) is 0 Å². The number of hydrogen-bond acceptors (Lipinski definition) is 2. The lowest BCUT2D eigenvalue weighted by molar-refractivity contribution is 0.137. The Balaban J connectivity index is 0. The highest BCUT2D eigenvalue weighted by molar-refractivity contribution is 5.53. The Morgan fingerprint density at radius 2 is 1.60 bits per heavy atom. The zero-order valence-corrected chi connectivity index (χ0v) is 9.53. The van der Waals surface area contributed by atoms with Crippen molar-refractivity contribution in [1.82, 2.24) is 0 Å². The highest BCUT2D eigenvalue weighted by Crippen LogP contribution is 2.05. The molecule has 0 aromatic heterocycles. The van der Waals surface area contributed by atoms with E-state index >= 15 is 0 Å². The third-order valence-electron chi connectivity index (χ3n) is 1.53. The fourth-order valence-corrected chi connectivity index (χ4v) is 0.846. The van der Waals surface area contributed by atoms with Crippen LogP contribution in [0.1, 0.15) is 33.6 Å². The standard InChI is InChI=1S/C10H18O.CH2O3/c1-9(2)5-4-6-10(3)7-8-11;2-1(3)4/h5,7,11H,4,6,8H2,1-3H3;(H2,2,3,4)/b10-7-;. The van der Waals surface area contributed by atoms with E-state index in [-0.39, 0.29) is 6.61 Å². The van der Waals surface area contributed by atoms with Gasteiger partial charge < -0.3 is 15.3 Å². The first-order valence-corrected chi connectivity index (χ1v) is 4.71. The fourth-order valence-electron chi connectivity index (χ4n) is 0.846. The van der Waals surface area contributed by atoms with E-state index in [1.54, 1.807) is 0 Å². The molecule has 0 unspecified atom stereocenters. The third-order valence-corrected chi connectivity index (χ3v) is 1.53. The van der Waals surface area contributed by atoms with Crippen molar-refractivity contribution in [2.45, 2.75) is 33.6 Å². The Hall–Kier alpha value is -1.29. The second-order valence-corrected chi connectivity index (χ2v) is 3.34. The van der Waals surface area contributed by atoms with E-state index in [2.05, 4.69) is 26.8 Å². The summed E-state index contributed by atoms with van der Waals surface area (Å²) in [5.41, 5.74) is 2.63. The van der Waals surface area contributed by atoms with Crippen molar-refractivity contribution >= 4 is 6.16 Å². The molecule has 88 valence electrons. The molecule has 0 fully saturated rings. The largest absolute Gasteiger partial charge is 0.503 e. The lowest BCUT2D eigenvalue weighted by Crippen LogP contribution is -1.81. The van der Waals surface area contributed by atoms with Crippen LogP contribution in [0.15, 0.2) is 23.3 Å². The predicted molar refractivity (Wildman–Crippen MR) is 60.2 cm³/mol. The maximum atomic E-state index is 8.56. The summed E-state index contributed by atoms with van der Waals surface area (Å²) >= 11 is 0. The average Bonchev–Trinajstić information content (AvgIpc) is 2.02. The molecule has 0 rings (SSSR count). The highest BCUT2D eigenvalue weighted by Gasteiger charge is 1.86. The molecule has 0 amide bonds. The second kappa shape index (κ2) is 10.8. The molecule has 4 heteroatoms. The molecule has 0 bridgehead atoms. The summed E-state index contributed by atoms with van der Waals surface area (Å²) in [4.78, 5) is 8.56. The highest BCUT2D eigenvalue weighted by atomic mass is 16.6. The van der Waals surface area contributed by atoms with Gasteiger partial charge in [0.25, 0.3) is 0 Å². The molecule has 0 radical (unpaired) electrons. The molecule has 0 aromatic rings. The van der Waals surface area contributed by atoms with Gasteiger partial charge in [0.1, 0.15) is 0 Å². The Morgan fingerprint density at radius 3 is 1.93 bits per heavy atom. The van der Waals surface area contributed by atoms with Crippen LogP contribution in [0.3, 0.4) is 0 Å². The molecule has 0 aliphatic carbocycles. The van der Waals surface area contributed by atoms with Gasteiger partial charge in [-0.2, -0.15) is 0 Å². The van der Waals surface area contributed by atoms with Crippen LogP contribution in [0, 0.1) is 0 Å². The number of carbonyl (C=O) groups is 1. The number of carboxylic acid groups (broad SMARTS) is 2. The summed E-state index contributed by atoms with van der Waals surface area (Å²) in [5, 5.41) is 22.5. The third kappa shape index (κ3) is 24.5. The maximum Gasteiger partial charge on any atom is 0.503 e. The van der Waals surface area contributed by atoms with Crippen molar-refractivity contribution in [2.75, 3.05) is 6.61 Å². The number of allylic oxidation sites excluding steroid dienone is 3. The first-order valence-electron chi connectivity index (χ1n) is 4.71. The van der Waals surface area contributed by atoms with Crippen LogP contribution in [0.25, 0.3) is 0 Å². The molecule has 3 N–H and O–H groups in total. The summed E-state index contributed by atoms with van der Waals surface area (Å²) in [6.07, 6.45) is 4.39. The van der Waals surface area contributed by atoms with Crippen molar-refractivity contribution in [3.63, 3.8) is 0 Å². The van der Waals surface area contributed by atoms with Gasteiger partial charge in [0.05, 0.1) is 6.61 Å². The molecule has 0 aliphatic heterocycles. The summed E-state index contributed by atoms with van der Waals surface area (Å²) in [6, 6.07) is 0. The molecule has 0 heterocycles. The smallest absolute Gasteiger partial charge is 0.450 e. The SMILES string of the molecule is CC(C)=CCC/C(C)=C\CO.O=C(O)O. The molecular weight excluding hydrogens is 196 g/mol. The summed E-state index contributed by atoms with van der Waals surface area (Å²) in [5.74, 6) is 0. The predicted octanol–water partition coefficient (Wildman–Crippen LogP) is 2.89. The minimum atomic E-state index is -1.83. The quantitative estimate of drug-likeness (QED) is 0.631. The molecule has 4 nitrogen and oxygen atoms in total. The van der Waals surface area contributed by atoms with Crippen molar-refractivity contribution in [3.8, 4) is 0 Å². The van der Waals surface area contributed by atoms with Crippen LogP contribution in [0.5, 0.6) is 0 Å². The van der Waals surface area contributed by atoms with Crippen LogP contribution in [0.2, 0.25) is 0 Å². The van der Waals surface area contributed by atoms with Gasteiger partial charge in [0.15, 0.2) is 0 Å². The minimum absolute atomic E-state index is 0.167. The van der Waals surface area contributed by atoms with Gasteiger partial charge in [0, 0.05) is 0 Å². The summed E-state index contributed by atoms with van der Waals surface area (Å²) in [6.45, 7) is 6.42. The zero-order valence-electron chi connectivity index (χ0n) is 9.53. The van der Waals surface area contributed by atoms with Crippen LogP contribution in [-0.4, -0.2) is 28.1 Å². The summed E-state index contributed by atoms with van der Waals surface area (Å²) in [7, 11) is 0. The van der Waals surface area contributed by atoms with E-state index < -0.39 is 6.16 Å². The molecule has 0 aliphatic rings. The van der Waals surface area contributed by atoms with Crippen molar-refractivity contribution in [3.05, 3.63) is 23.3 Å². The lowest BCUT2D eigenvalue weighted by atomic mass is 10.1. The molecule has 15 heavy (non-hydrogen) atoms. The molecule has 0 spiro atoms. The van der Waals surface area contributed by atoms with Crippen molar-refractivity contribution < 1.29 is 20.1 Å². The summed E-state index contributed by atoms with van der Waals surface area (Å²) < 4.78 is 0. The molecule has 0 saturated carbocycles. The van der Waals surface area contributed by atoms with Crippen LogP contribution in [-0.2, 0) is 0 Å². The van der Waals surface area contributed by atoms with Gasteiger partial charge >= 0.3 is 6.16 Å².